The number of hydrogen-bond acceptors (Lipinski definition) is 4. The Balaban J connectivity index is 2.42. The quantitative estimate of drug-likeness (QED) is 0.766. The number of carboxylic acid groups (broad SMARTS) is 1. The average molecular weight is 288 g/mol. The van der Waals surface area contributed by atoms with Crippen molar-refractivity contribution in [1.29, 1.82) is 0 Å². The highest BCUT2D eigenvalue weighted by Crippen LogP contribution is 2.28. The zero-order valence-electron chi connectivity index (χ0n) is 12.3. The number of aliphatic carboxylic acids is 1. The smallest absolute Gasteiger partial charge is 0.307 e. The highest BCUT2D eigenvalue weighted by Gasteiger charge is 2.14. The number of nitrogens with zero attached hydrogens (tertiary/aromatic N) is 1. The van der Waals surface area contributed by atoms with Gasteiger partial charge in [-0.15, -0.1) is 0 Å². The Hall–Kier alpha value is -2.14. The van der Waals surface area contributed by atoms with Gasteiger partial charge in [0.2, 0.25) is 0 Å². The van der Waals surface area contributed by atoms with Crippen molar-refractivity contribution in [3.05, 3.63) is 35.5 Å². The molecule has 0 atom stereocenters. The van der Waals surface area contributed by atoms with E-state index in [2.05, 4.69) is 10.3 Å². The van der Waals surface area contributed by atoms with E-state index in [1.54, 1.807) is 7.11 Å². The van der Waals surface area contributed by atoms with Gasteiger partial charge < -0.3 is 15.2 Å². The fourth-order valence-corrected chi connectivity index (χ4v) is 2.37. The Bertz CT molecular complexity index is 641. The van der Waals surface area contributed by atoms with Gasteiger partial charge >= 0.3 is 5.97 Å². The molecule has 2 aromatic rings. The van der Waals surface area contributed by atoms with E-state index in [9.17, 15) is 4.79 Å². The second kappa shape index (κ2) is 7.04. The lowest BCUT2D eigenvalue weighted by molar-refractivity contribution is -0.136. The number of para-hydroxylation sites is 1. The molecule has 1 aromatic carbocycles. The summed E-state index contributed by atoms with van der Waals surface area (Å²) in [5.74, 6) is -0.852. The van der Waals surface area contributed by atoms with Crippen LogP contribution in [0.5, 0.6) is 0 Å². The molecular formula is C16H20N2O3. The molecule has 2 N–H and O–H groups in total. The molecule has 0 aliphatic heterocycles. The van der Waals surface area contributed by atoms with Crippen LogP contribution in [0, 0.1) is 6.92 Å². The number of hydrogen-bond donors (Lipinski definition) is 2. The number of aromatic nitrogens is 1. The number of aryl methyl sites for hydroxylation is 1. The van der Waals surface area contributed by atoms with Gasteiger partial charge in [-0.1, -0.05) is 18.2 Å². The minimum absolute atomic E-state index is 0.0315. The topological polar surface area (TPSA) is 71.5 Å². The van der Waals surface area contributed by atoms with Gasteiger partial charge in [0.25, 0.3) is 0 Å². The molecular weight excluding hydrogens is 268 g/mol. The van der Waals surface area contributed by atoms with Crippen LogP contribution in [0.1, 0.15) is 17.7 Å². The first-order chi connectivity index (χ1) is 10.1. The third kappa shape index (κ3) is 3.70. The molecule has 0 amide bonds. The summed E-state index contributed by atoms with van der Waals surface area (Å²) in [5.41, 5.74) is 3.25. The molecule has 0 radical (unpaired) electrons. The van der Waals surface area contributed by atoms with E-state index in [1.807, 2.05) is 31.2 Å². The van der Waals surface area contributed by atoms with E-state index < -0.39 is 5.97 Å². The lowest BCUT2D eigenvalue weighted by Gasteiger charge is -2.16. The standard InChI is InChI=1S/C16H20N2O3/c1-11-13(10-15(19)20)16(17-8-5-9-21-2)12-6-3-4-7-14(12)18-11/h3-4,6-7H,5,8-10H2,1-2H3,(H,17,18)(H,19,20). The zero-order chi connectivity index (χ0) is 15.2. The lowest BCUT2D eigenvalue weighted by atomic mass is 10.0. The fourth-order valence-electron chi connectivity index (χ4n) is 2.37. The SMILES string of the molecule is COCCCNc1c(CC(=O)O)c(C)nc2ccccc12. The summed E-state index contributed by atoms with van der Waals surface area (Å²) >= 11 is 0. The molecule has 1 aromatic heterocycles. The Kier molecular flexibility index (Phi) is 5.11. The van der Waals surface area contributed by atoms with E-state index >= 15 is 0 Å². The van der Waals surface area contributed by atoms with Crippen LogP contribution in [0.25, 0.3) is 10.9 Å². The van der Waals surface area contributed by atoms with Gasteiger partial charge in [0, 0.05) is 42.6 Å². The van der Waals surface area contributed by atoms with Gasteiger partial charge in [-0.2, -0.15) is 0 Å². The highest BCUT2D eigenvalue weighted by molar-refractivity contribution is 5.94. The summed E-state index contributed by atoms with van der Waals surface area (Å²) in [7, 11) is 1.67. The van der Waals surface area contributed by atoms with Gasteiger partial charge in [0.05, 0.1) is 11.9 Å². The lowest BCUT2D eigenvalue weighted by Crippen LogP contribution is -2.12. The van der Waals surface area contributed by atoms with Crippen LogP contribution in [-0.4, -0.2) is 36.3 Å². The maximum atomic E-state index is 11.1. The van der Waals surface area contributed by atoms with Crippen LogP contribution in [0.15, 0.2) is 24.3 Å². The third-order valence-electron chi connectivity index (χ3n) is 3.36. The predicted molar refractivity (Wildman–Crippen MR) is 82.8 cm³/mol. The normalized spacial score (nSPS) is 10.8. The molecule has 0 fully saturated rings. The summed E-state index contributed by atoms with van der Waals surface area (Å²) in [6.07, 6.45) is 0.828. The molecule has 21 heavy (non-hydrogen) atoms. The maximum Gasteiger partial charge on any atom is 0.307 e. The molecule has 0 unspecified atom stereocenters. The van der Waals surface area contributed by atoms with Gasteiger partial charge in [-0.25, -0.2) is 0 Å². The first kappa shape index (κ1) is 15.3. The Morgan fingerprint density at radius 3 is 2.86 bits per heavy atom. The minimum atomic E-state index is -0.852. The van der Waals surface area contributed by atoms with Crippen molar-refractivity contribution in [2.75, 3.05) is 25.6 Å². The van der Waals surface area contributed by atoms with Crippen LogP contribution >= 0.6 is 0 Å². The largest absolute Gasteiger partial charge is 0.481 e. The van der Waals surface area contributed by atoms with Crippen LogP contribution in [0.3, 0.4) is 0 Å². The molecule has 112 valence electrons. The van der Waals surface area contributed by atoms with Crippen molar-refractivity contribution in [1.82, 2.24) is 4.98 Å². The van der Waals surface area contributed by atoms with Crippen molar-refractivity contribution < 1.29 is 14.6 Å². The Morgan fingerprint density at radius 2 is 2.14 bits per heavy atom. The minimum Gasteiger partial charge on any atom is -0.481 e. The van der Waals surface area contributed by atoms with Gasteiger partial charge in [-0.3, -0.25) is 9.78 Å². The number of methoxy groups -OCH3 is 1. The summed E-state index contributed by atoms with van der Waals surface area (Å²) in [6.45, 7) is 3.25. The molecule has 1 heterocycles. The molecule has 0 aliphatic rings. The van der Waals surface area contributed by atoms with E-state index in [4.69, 9.17) is 9.84 Å². The molecule has 0 bridgehead atoms. The number of carboxylic acids is 1. The molecule has 2 rings (SSSR count). The highest BCUT2D eigenvalue weighted by atomic mass is 16.5. The number of pyridine rings is 1. The van der Waals surface area contributed by atoms with Crippen LogP contribution in [-0.2, 0) is 16.0 Å². The third-order valence-corrected chi connectivity index (χ3v) is 3.36. The number of fused-ring (bicyclic) bond motifs is 1. The number of anilines is 1. The van der Waals surface area contributed by atoms with Crippen LogP contribution < -0.4 is 5.32 Å². The van der Waals surface area contributed by atoms with Crippen molar-refractivity contribution in [3.8, 4) is 0 Å². The second-order valence-electron chi connectivity index (χ2n) is 4.91. The van der Waals surface area contributed by atoms with Crippen LogP contribution in [0.4, 0.5) is 5.69 Å². The van der Waals surface area contributed by atoms with Crippen molar-refractivity contribution in [2.45, 2.75) is 19.8 Å². The van der Waals surface area contributed by atoms with Crippen LogP contribution in [0.2, 0.25) is 0 Å². The predicted octanol–water partition coefficient (Wildman–Crippen LogP) is 2.62. The van der Waals surface area contributed by atoms with E-state index in [0.717, 1.165) is 40.8 Å². The summed E-state index contributed by atoms with van der Waals surface area (Å²) in [6, 6.07) is 7.77. The molecule has 0 saturated carbocycles. The first-order valence-electron chi connectivity index (χ1n) is 6.96. The number of nitrogens with one attached hydrogen (secondary N) is 1. The fraction of sp³-hybridized carbons (Fsp3) is 0.375. The monoisotopic (exact) mass is 288 g/mol. The molecule has 0 saturated heterocycles. The van der Waals surface area contributed by atoms with E-state index in [-0.39, 0.29) is 6.42 Å². The number of carbonyl (C=O) groups is 1. The number of benzene rings is 1. The summed E-state index contributed by atoms with van der Waals surface area (Å²) in [5, 5.41) is 13.4. The van der Waals surface area contributed by atoms with E-state index in [0.29, 0.717) is 6.61 Å². The van der Waals surface area contributed by atoms with Crippen molar-refractivity contribution in [3.63, 3.8) is 0 Å². The zero-order valence-corrected chi connectivity index (χ0v) is 12.3. The van der Waals surface area contributed by atoms with Crippen molar-refractivity contribution in [2.24, 2.45) is 0 Å². The van der Waals surface area contributed by atoms with E-state index in [1.165, 1.54) is 0 Å². The summed E-state index contributed by atoms with van der Waals surface area (Å²) in [4.78, 5) is 15.6. The molecule has 0 aliphatic carbocycles. The average Bonchev–Trinajstić information content (AvgIpc) is 2.45. The first-order valence-corrected chi connectivity index (χ1v) is 6.96. The summed E-state index contributed by atoms with van der Waals surface area (Å²) < 4.78 is 5.04. The second-order valence-corrected chi connectivity index (χ2v) is 4.91. The molecule has 0 spiro atoms. The molecule has 5 heteroatoms. The Morgan fingerprint density at radius 1 is 1.38 bits per heavy atom. The number of ether oxygens (including phenoxy) is 1. The maximum absolute atomic E-state index is 11.1. The number of rotatable bonds is 7. The van der Waals surface area contributed by atoms with Gasteiger partial charge in [0.15, 0.2) is 0 Å². The van der Waals surface area contributed by atoms with Gasteiger partial charge in [0.1, 0.15) is 0 Å². The van der Waals surface area contributed by atoms with Gasteiger partial charge in [-0.05, 0) is 19.4 Å². The van der Waals surface area contributed by atoms with Crippen molar-refractivity contribution >= 4 is 22.6 Å². The Labute approximate surface area is 124 Å². The molecule has 5 nitrogen and oxygen atoms in total.